The van der Waals surface area contributed by atoms with Crippen LogP contribution in [0.15, 0.2) is 48.7 Å². The molecule has 1 N–H and O–H groups in total. The maximum absolute atomic E-state index is 10.9. The first-order valence-corrected chi connectivity index (χ1v) is 11.2. The van der Waals surface area contributed by atoms with Crippen LogP contribution in [0.25, 0.3) is 16.8 Å². The van der Waals surface area contributed by atoms with Crippen molar-refractivity contribution in [3.8, 4) is 34.2 Å². The number of halogens is 2. The number of hydrogen-bond donors (Lipinski definition) is 1. The number of hydrogen-bond acceptors (Lipinski definition) is 4. The van der Waals surface area contributed by atoms with Gasteiger partial charge in [-0.1, -0.05) is 35.7 Å². The number of benzene rings is 2. The number of ether oxygens (including phenoxy) is 2. The van der Waals surface area contributed by atoms with Crippen LogP contribution in [0.5, 0.6) is 17.4 Å². The smallest absolute Gasteiger partial charge is 0.203 e. The summed E-state index contributed by atoms with van der Waals surface area (Å²) in [6, 6.07) is 12.8. The van der Waals surface area contributed by atoms with Crippen molar-refractivity contribution in [1.29, 1.82) is 0 Å². The largest absolute Gasteiger partial charge is 0.494 e. The van der Waals surface area contributed by atoms with Crippen molar-refractivity contribution in [3.05, 3.63) is 58.7 Å². The Hall–Kier alpha value is -2.34. The van der Waals surface area contributed by atoms with Crippen molar-refractivity contribution < 1.29 is 14.6 Å². The van der Waals surface area contributed by atoms with Gasteiger partial charge in [0.05, 0.1) is 22.8 Å². The molecular weight excluding hydrogens is 435 g/mol. The first-order valence-electron chi connectivity index (χ1n) is 10.5. The molecule has 164 valence electrons. The highest BCUT2D eigenvalue weighted by Crippen LogP contribution is 2.38. The third kappa shape index (κ3) is 4.95. The molecule has 0 radical (unpaired) electrons. The van der Waals surface area contributed by atoms with E-state index in [2.05, 4.69) is 4.90 Å². The second kappa shape index (κ2) is 9.86. The highest BCUT2D eigenvalue weighted by atomic mass is 35.5. The van der Waals surface area contributed by atoms with E-state index in [9.17, 15) is 5.11 Å². The molecule has 31 heavy (non-hydrogen) atoms. The molecule has 0 spiro atoms. The Morgan fingerprint density at radius 2 is 1.74 bits per heavy atom. The fourth-order valence-electron chi connectivity index (χ4n) is 3.92. The number of nitrogens with zero attached hydrogens (tertiary/aromatic N) is 2. The lowest BCUT2D eigenvalue weighted by Gasteiger charge is -2.26. The molecule has 2 aromatic carbocycles. The molecule has 5 nitrogen and oxygen atoms in total. The van der Waals surface area contributed by atoms with E-state index in [4.69, 9.17) is 32.7 Å². The minimum atomic E-state index is 0.114. The van der Waals surface area contributed by atoms with E-state index < -0.39 is 0 Å². The van der Waals surface area contributed by atoms with Crippen molar-refractivity contribution in [2.45, 2.75) is 19.3 Å². The Kier molecular flexibility index (Phi) is 6.96. The normalized spacial score (nSPS) is 14.5. The summed E-state index contributed by atoms with van der Waals surface area (Å²) in [4.78, 5) is 2.43. The molecule has 2 heterocycles. The number of aromatic hydroxyl groups is 1. The van der Waals surface area contributed by atoms with Crippen molar-refractivity contribution in [3.63, 3.8) is 0 Å². The van der Waals surface area contributed by atoms with Gasteiger partial charge in [0.1, 0.15) is 6.61 Å². The summed E-state index contributed by atoms with van der Waals surface area (Å²) in [5, 5.41) is 11.8. The molecule has 1 aliphatic heterocycles. The van der Waals surface area contributed by atoms with Gasteiger partial charge in [0.25, 0.3) is 0 Å². The number of aromatic nitrogens is 1. The van der Waals surface area contributed by atoms with Gasteiger partial charge in [-0.15, -0.1) is 0 Å². The lowest BCUT2D eigenvalue weighted by atomic mass is 10.1. The fraction of sp³-hybridized carbons (Fsp3) is 0.333. The maximum atomic E-state index is 10.9. The molecule has 0 bridgehead atoms. The third-order valence-corrected chi connectivity index (χ3v) is 6.37. The Morgan fingerprint density at radius 1 is 0.935 bits per heavy atom. The molecule has 1 aliphatic rings. The second-order valence-corrected chi connectivity index (χ2v) is 8.45. The number of rotatable bonds is 7. The molecule has 0 atom stereocenters. The summed E-state index contributed by atoms with van der Waals surface area (Å²) >= 11 is 12.2. The van der Waals surface area contributed by atoms with Crippen molar-refractivity contribution in [2.24, 2.45) is 0 Å². The highest BCUT2D eigenvalue weighted by molar-refractivity contribution is 6.42. The molecule has 3 aromatic rings. The first kappa shape index (κ1) is 21.9. The van der Waals surface area contributed by atoms with Crippen LogP contribution in [-0.4, -0.2) is 47.9 Å². The Balaban J connectivity index is 1.54. The molecule has 1 fully saturated rings. The van der Waals surface area contributed by atoms with Crippen LogP contribution in [0.3, 0.4) is 0 Å². The van der Waals surface area contributed by atoms with Gasteiger partial charge in [0.2, 0.25) is 5.88 Å². The van der Waals surface area contributed by atoms with Gasteiger partial charge in [0, 0.05) is 18.3 Å². The van der Waals surface area contributed by atoms with Crippen LogP contribution in [0.2, 0.25) is 10.0 Å². The van der Waals surface area contributed by atoms with Gasteiger partial charge in [-0.05, 0) is 67.9 Å². The summed E-state index contributed by atoms with van der Waals surface area (Å²) in [6.07, 6.45) is 5.63. The van der Waals surface area contributed by atoms with Gasteiger partial charge in [-0.25, -0.2) is 0 Å². The predicted molar refractivity (Wildman–Crippen MR) is 125 cm³/mol. The summed E-state index contributed by atoms with van der Waals surface area (Å²) in [6.45, 7) is 3.76. The SMILES string of the molecule is COc1ccc(-c2ccn(-c3ccc(Cl)c(Cl)c3)c2O)cc1OCCN1CCCCC1. The van der Waals surface area contributed by atoms with Crippen molar-refractivity contribution in [2.75, 3.05) is 33.4 Å². The maximum Gasteiger partial charge on any atom is 0.203 e. The van der Waals surface area contributed by atoms with E-state index in [1.807, 2.05) is 24.3 Å². The minimum Gasteiger partial charge on any atom is -0.494 e. The molecule has 1 aromatic heterocycles. The molecule has 1 saturated heterocycles. The zero-order chi connectivity index (χ0) is 21.8. The molecular formula is C24H26Cl2N2O3. The topological polar surface area (TPSA) is 46.9 Å². The standard InChI is InChI=1S/C24H26Cl2N2O3/c1-30-22-8-5-17(15-23(22)31-14-13-27-10-3-2-4-11-27)19-9-12-28(24(19)29)18-6-7-20(25)21(26)16-18/h5-9,12,15-16,29H,2-4,10-11,13-14H2,1H3. The van der Waals surface area contributed by atoms with E-state index >= 15 is 0 Å². The predicted octanol–water partition coefficient (Wildman–Crippen LogP) is 6.03. The quantitative estimate of drug-likeness (QED) is 0.467. The fourth-order valence-corrected chi connectivity index (χ4v) is 4.21. The number of piperidine rings is 1. The van der Waals surface area contributed by atoms with Crippen LogP contribution in [0.1, 0.15) is 19.3 Å². The van der Waals surface area contributed by atoms with Crippen LogP contribution >= 0.6 is 23.2 Å². The summed E-state index contributed by atoms with van der Waals surface area (Å²) in [7, 11) is 1.63. The molecule has 0 aliphatic carbocycles. The van der Waals surface area contributed by atoms with Crippen molar-refractivity contribution in [1.82, 2.24) is 9.47 Å². The lowest BCUT2D eigenvalue weighted by molar-refractivity contribution is 0.180. The average Bonchev–Trinajstić information content (AvgIpc) is 3.17. The third-order valence-electron chi connectivity index (χ3n) is 5.63. The Labute approximate surface area is 192 Å². The number of methoxy groups -OCH3 is 1. The molecule has 7 heteroatoms. The summed E-state index contributed by atoms with van der Waals surface area (Å²) < 4.78 is 13.2. The zero-order valence-corrected chi connectivity index (χ0v) is 19.0. The van der Waals surface area contributed by atoms with E-state index in [-0.39, 0.29) is 5.88 Å². The van der Waals surface area contributed by atoms with E-state index in [0.717, 1.165) is 30.9 Å². The summed E-state index contributed by atoms with van der Waals surface area (Å²) in [5.41, 5.74) is 2.25. The van der Waals surface area contributed by atoms with Crippen LogP contribution < -0.4 is 9.47 Å². The van der Waals surface area contributed by atoms with Crippen LogP contribution in [-0.2, 0) is 0 Å². The highest BCUT2D eigenvalue weighted by Gasteiger charge is 2.16. The van der Waals surface area contributed by atoms with E-state index in [0.29, 0.717) is 33.7 Å². The zero-order valence-electron chi connectivity index (χ0n) is 17.5. The lowest BCUT2D eigenvalue weighted by Crippen LogP contribution is -2.33. The van der Waals surface area contributed by atoms with Gasteiger partial charge >= 0.3 is 0 Å². The van der Waals surface area contributed by atoms with Gasteiger partial charge in [-0.3, -0.25) is 9.47 Å². The van der Waals surface area contributed by atoms with Gasteiger partial charge in [0.15, 0.2) is 11.5 Å². The molecule has 0 unspecified atom stereocenters. The number of likely N-dealkylation sites (tertiary alicyclic amines) is 1. The molecule has 4 rings (SSSR count). The minimum absolute atomic E-state index is 0.114. The van der Waals surface area contributed by atoms with Crippen molar-refractivity contribution >= 4 is 23.2 Å². The van der Waals surface area contributed by atoms with Gasteiger partial charge in [-0.2, -0.15) is 0 Å². The van der Waals surface area contributed by atoms with E-state index in [1.165, 1.54) is 19.3 Å². The second-order valence-electron chi connectivity index (χ2n) is 7.64. The first-order chi connectivity index (χ1) is 15.1. The average molecular weight is 461 g/mol. The van der Waals surface area contributed by atoms with E-state index in [1.54, 1.807) is 36.1 Å². The monoisotopic (exact) mass is 460 g/mol. The van der Waals surface area contributed by atoms with Crippen LogP contribution in [0.4, 0.5) is 0 Å². The summed E-state index contributed by atoms with van der Waals surface area (Å²) in [5.74, 6) is 1.45. The Morgan fingerprint density at radius 3 is 2.48 bits per heavy atom. The molecule has 0 saturated carbocycles. The van der Waals surface area contributed by atoms with Crippen LogP contribution in [0, 0.1) is 0 Å². The van der Waals surface area contributed by atoms with Gasteiger partial charge < -0.3 is 14.6 Å². The molecule has 0 amide bonds. The Bertz CT molecular complexity index is 1050.